The summed E-state index contributed by atoms with van der Waals surface area (Å²) in [5.41, 5.74) is 2.01. The first kappa shape index (κ1) is 16.2. The molecule has 1 aliphatic rings. The van der Waals surface area contributed by atoms with Crippen molar-refractivity contribution in [1.82, 2.24) is 15.1 Å². The van der Waals surface area contributed by atoms with Crippen molar-refractivity contribution in [3.63, 3.8) is 0 Å². The van der Waals surface area contributed by atoms with Crippen LogP contribution in [0.15, 0.2) is 36.4 Å². The fraction of sp³-hybridized carbons (Fsp3) is 0.389. The number of hydrogen-bond acceptors (Lipinski definition) is 5. The highest BCUT2D eigenvalue weighted by atomic mass is 16.5. The van der Waals surface area contributed by atoms with Gasteiger partial charge in [-0.15, -0.1) is 5.10 Å². The van der Waals surface area contributed by atoms with Crippen LogP contribution in [-0.4, -0.2) is 46.8 Å². The lowest BCUT2D eigenvalue weighted by atomic mass is 10.2. The molecule has 1 aliphatic heterocycles. The van der Waals surface area contributed by atoms with E-state index in [9.17, 15) is 4.79 Å². The van der Waals surface area contributed by atoms with E-state index in [0.717, 1.165) is 17.7 Å². The molecular formula is C18H21N3O3. The van der Waals surface area contributed by atoms with Crippen LogP contribution in [0.4, 0.5) is 0 Å². The average molecular weight is 327 g/mol. The minimum atomic E-state index is -0.0506. The molecule has 3 rings (SSSR count). The molecular weight excluding hydrogens is 306 g/mol. The number of carbonyl (C=O) groups is 1. The lowest BCUT2D eigenvalue weighted by Crippen LogP contribution is -2.34. The fourth-order valence-corrected chi connectivity index (χ4v) is 2.54. The summed E-state index contributed by atoms with van der Waals surface area (Å²) >= 11 is 0. The molecule has 1 atom stereocenters. The number of amides is 1. The molecule has 2 heterocycles. The summed E-state index contributed by atoms with van der Waals surface area (Å²) in [4.78, 5) is 14.0. The number of ether oxygens (including phenoxy) is 2. The van der Waals surface area contributed by atoms with Crippen LogP contribution in [0.2, 0.25) is 0 Å². The average Bonchev–Trinajstić information content (AvgIpc) is 3.05. The van der Waals surface area contributed by atoms with Crippen molar-refractivity contribution in [2.45, 2.75) is 26.4 Å². The third-order valence-electron chi connectivity index (χ3n) is 3.94. The third-order valence-corrected chi connectivity index (χ3v) is 3.94. The van der Waals surface area contributed by atoms with E-state index < -0.39 is 0 Å². The van der Waals surface area contributed by atoms with Crippen LogP contribution < -0.4 is 9.47 Å². The van der Waals surface area contributed by atoms with E-state index in [0.29, 0.717) is 24.7 Å². The number of aryl methyl sites for hydroxylation is 2. The van der Waals surface area contributed by atoms with E-state index in [1.54, 1.807) is 11.0 Å². The molecule has 1 fully saturated rings. The molecule has 0 radical (unpaired) electrons. The molecule has 0 spiro atoms. The molecule has 24 heavy (non-hydrogen) atoms. The summed E-state index contributed by atoms with van der Waals surface area (Å²) in [6, 6.07) is 11.3. The first-order chi connectivity index (χ1) is 11.6. The lowest BCUT2D eigenvalue weighted by Gasteiger charge is -2.17. The van der Waals surface area contributed by atoms with Gasteiger partial charge in [0.2, 0.25) is 5.88 Å². The topological polar surface area (TPSA) is 64.5 Å². The van der Waals surface area contributed by atoms with Gasteiger partial charge in [0.1, 0.15) is 11.9 Å². The molecule has 1 aromatic carbocycles. The number of benzene rings is 1. The molecule has 0 bridgehead atoms. The zero-order valence-electron chi connectivity index (χ0n) is 13.9. The Balaban J connectivity index is 1.46. The van der Waals surface area contributed by atoms with E-state index in [-0.39, 0.29) is 18.6 Å². The van der Waals surface area contributed by atoms with Crippen LogP contribution in [0.3, 0.4) is 0 Å². The van der Waals surface area contributed by atoms with Gasteiger partial charge in [-0.2, -0.15) is 5.10 Å². The number of nitrogens with zero attached hydrogens (tertiary/aromatic N) is 3. The molecule has 0 saturated carbocycles. The number of likely N-dealkylation sites (tertiary alicyclic amines) is 1. The summed E-state index contributed by atoms with van der Waals surface area (Å²) in [6.07, 6.45) is 0.733. The Morgan fingerprint density at radius 3 is 2.67 bits per heavy atom. The molecule has 2 aromatic rings. The first-order valence-corrected chi connectivity index (χ1v) is 8.04. The van der Waals surface area contributed by atoms with Gasteiger partial charge in [0.05, 0.1) is 12.2 Å². The minimum Gasteiger partial charge on any atom is -0.484 e. The molecule has 0 aliphatic carbocycles. The van der Waals surface area contributed by atoms with Crippen LogP contribution in [-0.2, 0) is 4.79 Å². The molecule has 6 nitrogen and oxygen atoms in total. The number of hydrogen-bond donors (Lipinski definition) is 0. The van der Waals surface area contributed by atoms with Gasteiger partial charge in [-0.25, -0.2) is 0 Å². The van der Waals surface area contributed by atoms with E-state index in [4.69, 9.17) is 9.47 Å². The first-order valence-electron chi connectivity index (χ1n) is 8.04. The van der Waals surface area contributed by atoms with Gasteiger partial charge in [0, 0.05) is 19.0 Å². The van der Waals surface area contributed by atoms with Crippen molar-refractivity contribution in [2.75, 3.05) is 19.7 Å². The second-order valence-corrected chi connectivity index (χ2v) is 5.98. The summed E-state index contributed by atoms with van der Waals surface area (Å²) in [6.45, 7) is 5.14. The van der Waals surface area contributed by atoms with Crippen LogP contribution in [0.25, 0.3) is 0 Å². The molecule has 1 unspecified atom stereocenters. The zero-order valence-corrected chi connectivity index (χ0v) is 13.9. The summed E-state index contributed by atoms with van der Waals surface area (Å²) in [7, 11) is 0. The zero-order chi connectivity index (χ0) is 16.9. The summed E-state index contributed by atoms with van der Waals surface area (Å²) in [5, 5.41) is 7.96. The van der Waals surface area contributed by atoms with Crippen LogP contribution in [0.5, 0.6) is 11.6 Å². The van der Waals surface area contributed by atoms with Crippen molar-refractivity contribution >= 4 is 5.91 Å². The Morgan fingerprint density at radius 1 is 1.17 bits per heavy atom. The number of rotatable bonds is 5. The van der Waals surface area contributed by atoms with Crippen LogP contribution >= 0.6 is 0 Å². The van der Waals surface area contributed by atoms with Crippen molar-refractivity contribution in [1.29, 1.82) is 0 Å². The molecule has 1 aromatic heterocycles. The van der Waals surface area contributed by atoms with E-state index in [1.807, 2.05) is 44.2 Å². The van der Waals surface area contributed by atoms with E-state index in [2.05, 4.69) is 10.2 Å². The smallest absolute Gasteiger partial charge is 0.260 e. The molecule has 0 N–H and O–H groups in total. The normalized spacial score (nSPS) is 16.9. The van der Waals surface area contributed by atoms with Crippen molar-refractivity contribution in [3.8, 4) is 11.6 Å². The predicted octanol–water partition coefficient (Wildman–Crippen LogP) is 2.15. The van der Waals surface area contributed by atoms with Crippen LogP contribution in [0.1, 0.15) is 17.7 Å². The lowest BCUT2D eigenvalue weighted by molar-refractivity contribution is -0.132. The Labute approximate surface area is 141 Å². The van der Waals surface area contributed by atoms with E-state index in [1.165, 1.54) is 0 Å². The quantitative estimate of drug-likeness (QED) is 0.842. The summed E-state index contributed by atoms with van der Waals surface area (Å²) in [5.74, 6) is 1.17. The highest BCUT2D eigenvalue weighted by molar-refractivity contribution is 5.78. The minimum absolute atomic E-state index is 0.0309. The molecule has 6 heteroatoms. The van der Waals surface area contributed by atoms with Crippen molar-refractivity contribution in [2.24, 2.45) is 0 Å². The van der Waals surface area contributed by atoms with Gasteiger partial charge in [-0.3, -0.25) is 4.79 Å². The summed E-state index contributed by atoms with van der Waals surface area (Å²) < 4.78 is 11.3. The second-order valence-electron chi connectivity index (χ2n) is 5.98. The number of aromatic nitrogens is 2. The largest absolute Gasteiger partial charge is 0.484 e. The standard InChI is InChI=1S/C18H21N3O3/c1-13-3-6-15(7-4-13)23-12-18(22)21-10-9-16(11-21)24-17-8-5-14(2)19-20-17/h3-8,16H,9-12H2,1-2H3. The van der Waals surface area contributed by atoms with Gasteiger partial charge < -0.3 is 14.4 Å². The SMILES string of the molecule is Cc1ccc(OCC(=O)N2CCC(Oc3ccc(C)nn3)C2)cc1. The van der Waals surface area contributed by atoms with Gasteiger partial charge in [-0.05, 0) is 32.0 Å². The third kappa shape index (κ3) is 4.22. The number of carbonyl (C=O) groups excluding carboxylic acids is 1. The maximum absolute atomic E-state index is 12.2. The molecule has 1 saturated heterocycles. The second kappa shape index (κ2) is 7.29. The van der Waals surface area contributed by atoms with Gasteiger partial charge >= 0.3 is 0 Å². The van der Waals surface area contributed by atoms with Crippen molar-refractivity contribution < 1.29 is 14.3 Å². The maximum Gasteiger partial charge on any atom is 0.260 e. The Kier molecular flexibility index (Phi) is 4.93. The highest BCUT2D eigenvalue weighted by Crippen LogP contribution is 2.17. The maximum atomic E-state index is 12.2. The van der Waals surface area contributed by atoms with Gasteiger partial charge in [0.15, 0.2) is 6.61 Å². The fourth-order valence-electron chi connectivity index (χ4n) is 2.54. The Hall–Kier alpha value is -2.63. The Morgan fingerprint density at radius 2 is 1.96 bits per heavy atom. The monoisotopic (exact) mass is 327 g/mol. The van der Waals surface area contributed by atoms with Crippen molar-refractivity contribution in [3.05, 3.63) is 47.7 Å². The van der Waals surface area contributed by atoms with Crippen LogP contribution in [0, 0.1) is 13.8 Å². The molecule has 126 valence electrons. The predicted molar refractivity (Wildman–Crippen MR) is 89.1 cm³/mol. The molecule has 1 amide bonds. The van der Waals surface area contributed by atoms with Gasteiger partial charge in [0.25, 0.3) is 5.91 Å². The van der Waals surface area contributed by atoms with E-state index >= 15 is 0 Å². The Bertz CT molecular complexity index is 686. The highest BCUT2D eigenvalue weighted by Gasteiger charge is 2.28. The van der Waals surface area contributed by atoms with Gasteiger partial charge in [-0.1, -0.05) is 17.7 Å².